The van der Waals surface area contributed by atoms with Crippen molar-refractivity contribution in [1.82, 2.24) is 5.32 Å². The number of benzene rings is 2. The molecule has 8 nitrogen and oxygen atoms in total. The first kappa shape index (κ1) is 20.0. The summed E-state index contributed by atoms with van der Waals surface area (Å²) in [7, 11) is 2.89. The predicted molar refractivity (Wildman–Crippen MR) is 105 cm³/mol. The van der Waals surface area contributed by atoms with Gasteiger partial charge in [0.25, 0.3) is 0 Å². The highest BCUT2D eigenvalue weighted by molar-refractivity contribution is 6.00. The molecule has 0 aromatic heterocycles. The van der Waals surface area contributed by atoms with Crippen LogP contribution in [0.1, 0.15) is 29.6 Å². The van der Waals surface area contributed by atoms with E-state index in [2.05, 4.69) is 20.4 Å². The number of esters is 1. The van der Waals surface area contributed by atoms with Crippen molar-refractivity contribution >= 4 is 34.3 Å². The van der Waals surface area contributed by atoms with Crippen LogP contribution in [0, 0.1) is 0 Å². The van der Waals surface area contributed by atoms with Gasteiger partial charge in [-0.15, -0.1) is 0 Å². The molecule has 2 aromatic rings. The van der Waals surface area contributed by atoms with Gasteiger partial charge in [0.05, 0.1) is 12.7 Å². The van der Waals surface area contributed by atoms with Crippen molar-refractivity contribution in [2.75, 3.05) is 26.0 Å². The fraction of sp³-hybridized carbons (Fsp3) is 0.316. The molecule has 27 heavy (non-hydrogen) atoms. The van der Waals surface area contributed by atoms with Crippen LogP contribution in [0.5, 0.6) is 5.75 Å². The Hall–Kier alpha value is -3.29. The van der Waals surface area contributed by atoms with Crippen LogP contribution in [0.15, 0.2) is 35.3 Å². The molecule has 0 aliphatic carbocycles. The van der Waals surface area contributed by atoms with E-state index in [0.717, 1.165) is 6.42 Å². The number of phenols is 1. The lowest BCUT2D eigenvalue weighted by Crippen LogP contribution is -2.32. The number of phenolic OH excluding ortho intramolecular Hbond substituents is 1. The average Bonchev–Trinajstić information content (AvgIpc) is 2.67. The Labute approximate surface area is 157 Å². The van der Waals surface area contributed by atoms with Gasteiger partial charge in [-0.3, -0.25) is 9.79 Å². The number of aliphatic imine (C=N–C) groups is 1. The number of ether oxygens (including phenoxy) is 1. The van der Waals surface area contributed by atoms with Gasteiger partial charge in [0.1, 0.15) is 5.75 Å². The summed E-state index contributed by atoms with van der Waals surface area (Å²) in [6.45, 7) is 0.656. The molecule has 0 atom stereocenters. The lowest BCUT2D eigenvalue weighted by atomic mass is 10.0. The summed E-state index contributed by atoms with van der Waals surface area (Å²) in [5.74, 6) is -0.306. The van der Waals surface area contributed by atoms with Crippen molar-refractivity contribution in [2.45, 2.75) is 19.3 Å². The summed E-state index contributed by atoms with van der Waals surface area (Å²) in [5, 5.41) is 17.1. The third-order valence-corrected chi connectivity index (χ3v) is 4.01. The number of methoxy groups -OCH3 is 1. The van der Waals surface area contributed by atoms with E-state index in [9.17, 15) is 14.7 Å². The zero-order valence-electron chi connectivity index (χ0n) is 15.4. The Morgan fingerprint density at radius 1 is 1.22 bits per heavy atom. The summed E-state index contributed by atoms with van der Waals surface area (Å²) >= 11 is 0. The Bertz CT molecular complexity index is 864. The van der Waals surface area contributed by atoms with E-state index in [1.165, 1.54) is 13.2 Å². The Morgan fingerprint density at radius 2 is 2.00 bits per heavy atom. The molecule has 0 radical (unpaired) electrons. The van der Waals surface area contributed by atoms with Crippen LogP contribution in [0.25, 0.3) is 10.8 Å². The summed E-state index contributed by atoms with van der Waals surface area (Å²) in [4.78, 5) is 27.5. The van der Waals surface area contributed by atoms with E-state index in [4.69, 9.17) is 5.73 Å². The molecule has 0 aliphatic rings. The third kappa shape index (κ3) is 5.60. The fourth-order valence-corrected chi connectivity index (χ4v) is 2.58. The molecular formula is C19H24N4O4. The highest BCUT2D eigenvalue weighted by Crippen LogP contribution is 2.29. The van der Waals surface area contributed by atoms with Crippen molar-refractivity contribution in [3.8, 4) is 5.75 Å². The molecule has 0 fully saturated rings. The number of unbranched alkanes of at least 4 members (excludes halogenated alkanes) is 1. The van der Waals surface area contributed by atoms with E-state index in [0.29, 0.717) is 41.8 Å². The summed E-state index contributed by atoms with van der Waals surface area (Å²) < 4.78 is 4.67. The number of fused-ring (bicyclic) bond motifs is 1. The largest absolute Gasteiger partial charge is 0.507 e. The molecule has 0 aliphatic heterocycles. The highest BCUT2D eigenvalue weighted by atomic mass is 16.5. The monoisotopic (exact) mass is 372 g/mol. The van der Waals surface area contributed by atoms with Crippen molar-refractivity contribution < 1.29 is 19.4 Å². The number of hydrogen-bond donors (Lipinski definition) is 4. The van der Waals surface area contributed by atoms with E-state index >= 15 is 0 Å². The first-order valence-electron chi connectivity index (χ1n) is 8.55. The molecule has 0 saturated heterocycles. The standard InChI is InChI=1S/C19H24N4O4/c1-21-19(20)22-8-4-3-5-17(25)23-14-7-6-12-9-13(18(26)27-2)10-16(24)15(12)11-14/h6-7,9-11,24H,3-5,8H2,1-2H3,(H,23,25)(H3,20,21,22). The first-order chi connectivity index (χ1) is 12.9. The number of nitrogens with zero attached hydrogens (tertiary/aromatic N) is 1. The Kier molecular flexibility index (Phi) is 6.99. The second-order valence-electron chi connectivity index (χ2n) is 5.96. The molecule has 0 spiro atoms. The van der Waals surface area contributed by atoms with Gasteiger partial charge in [-0.25, -0.2) is 4.79 Å². The molecule has 0 unspecified atom stereocenters. The number of aromatic hydroxyl groups is 1. The van der Waals surface area contributed by atoms with Crippen LogP contribution < -0.4 is 16.4 Å². The summed E-state index contributed by atoms with van der Waals surface area (Å²) in [5.41, 5.74) is 6.37. The molecule has 2 rings (SSSR count). The topological polar surface area (TPSA) is 126 Å². The van der Waals surface area contributed by atoms with E-state index < -0.39 is 5.97 Å². The molecule has 0 saturated carbocycles. The minimum absolute atomic E-state index is 0.0507. The summed E-state index contributed by atoms with van der Waals surface area (Å²) in [6.07, 6.45) is 1.87. The maximum atomic E-state index is 12.1. The maximum absolute atomic E-state index is 12.1. The zero-order valence-corrected chi connectivity index (χ0v) is 15.4. The van der Waals surface area contributed by atoms with Crippen LogP contribution in [0.2, 0.25) is 0 Å². The molecule has 1 amide bonds. The molecule has 2 aromatic carbocycles. The molecular weight excluding hydrogens is 348 g/mol. The van der Waals surface area contributed by atoms with E-state index in [-0.39, 0.29) is 17.2 Å². The van der Waals surface area contributed by atoms with Crippen molar-refractivity contribution in [3.05, 3.63) is 35.9 Å². The van der Waals surface area contributed by atoms with Gasteiger partial charge >= 0.3 is 5.97 Å². The van der Waals surface area contributed by atoms with E-state index in [1.807, 2.05) is 0 Å². The smallest absolute Gasteiger partial charge is 0.338 e. The Balaban J connectivity index is 1.96. The van der Waals surface area contributed by atoms with Gasteiger partial charge in [0, 0.05) is 31.1 Å². The number of amides is 1. The van der Waals surface area contributed by atoms with Crippen LogP contribution in [0.3, 0.4) is 0 Å². The lowest BCUT2D eigenvalue weighted by Gasteiger charge is -2.09. The third-order valence-electron chi connectivity index (χ3n) is 4.01. The van der Waals surface area contributed by atoms with Gasteiger partial charge in [-0.05, 0) is 42.5 Å². The van der Waals surface area contributed by atoms with Gasteiger partial charge in [0.15, 0.2) is 5.96 Å². The number of carbonyl (C=O) groups excluding carboxylic acids is 2. The van der Waals surface area contributed by atoms with Crippen molar-refractivity contribution in [1.29, 1.82) is 0 Å². The molecule has 5 N–H and O–H groups in total. The average molecular weight is 372 g/mol. The normalized spacial score (nSPS) is 11.3. The van der Waals surface area contributed by atoms with Crippen LogP contribution in [-0.4, -0.2) is 43.6 Å². The minimum atomic E-state index is -0.522. The Morgan fingerprint density at radius 3 is 2.70 bits per heavy atom. The molecule has 0 bridgehead atoms. The highest BCUT2D eigenvalue weighted by Gasteiger charge is 2.11. The van der Waals surface area contributed by atoms with Gasteiger partial charge < -0.3 is 26.2 Å². The van der Waals surface area contributed by atoms with Gasteiger partial charge in [0.2, 0.25) is 5.91 Å². The fourth-order valence-electron chi connectivity index (χ4n) is 2.58. The number of rotatable bonds is 7. The van der Waals surface area contributed by atoms with Crippen molar-refractivity contribution in [2.24, 2.45) is 10.7 Å². The van der Waals surface area contributed by atoms with Crippen LogP contribution in [0.4, 0.5) is 5.69 Å². The van der Waals surface area contributed by atoms with Gasteiger partial charge in [-0.1, -0.05) is 6.07 Å². The first-order valence-corrected chi connectivity index (χ1v) is 8.55. The quantitative estimate of drug-likeness (QED) is 0.255. The maximum Gasteiger partial charge on any atom is 0.338 e. The molecule has 8 heteroatoms. The summed E-state index contributed by atoms with van der Waals surface area (Å²) in [6, 6.07) is 8.10. The zero-order chi connectivity index (χ0) is 19.8. The van der Waals surface area contributed by atoms with Crippen molar-refractivity contribution in [3.63, 3.8) is 0 Å². The number of nitrogens with two attached hydrogens (primary N) is 1. The number of carbonyl (C=O) groups is 2. The lowest BCUT2D eigenvalue weighted by molar-refractivity contribution is -0.116. The number of guanidine groups is 1. The van der Waals surface area contributed by atoms with Crippen LogP contribution >= 0.6 is 0 Å². The second-order valence-corrected chi connectivity index (χ2v) is 5.96. The molecule has 0 heterocycles. The van der Waals surface area contributed by atoms with E-state index in [1.54, 1.807) is 31.3 Å². The molecule has 144 valence electrons. The number of nitrogens with one attached hydrogen (secondary N) is 2. The van der Waals surface area contributed by atoms with Crippen LogP contribution in [-0.2, 0) is 9.53 Å². The SMILES string of the molecule is CN=C(N)NCCCCC(=O)Nc1ccc2cc(C(=O)OC)cc(O)c2c1. The second kappa shape index (κ2) is 9.42. The number of anilines is 1. The predicted octanol–water partition coefficient (Wildman–Crippen LogP) is 1.97. The minimum Gasteiger partial charge on any atom is -0.507 e. The number of hydrogen-bond acceptors (Lipinski definition) is 5. The van der Waals surface area contributed by atoms with Gasteiger partial charge in [-0.2, -0.15) is 0 Å².